The van der Waals surface area contributed by atoms with Gasteiger partial charge in [-0.15, -0.1) is 0 Å². The lowest BCUT2D eigenvalue weighted by Crippen LogP contribution is -2.29. The molecule has 0 saturated heterocycles. The molecule has 0 aliphatic carbocycles. The van der Waals surface area contributed by atoms with Gasteiger partial charge in [0.25, 0.3) is 0 Å². The minimum Gasteiger partial charge on any atom is -0.330 e. The summed E-state index contributed by atoms with van der Waals surface area (Å²) in [5.41, 5.74) is 11.8. The number of aryl methyl sites for hydroxylation is 1. The van der Waals surface area contributed by atoms with Crippen molar-refractivity contribution in [1.29, 1.82) is 0 Å². The number of aromatic nitrogens is 3. The molecule has 0 unspecified atom stereocenters. The van der Waals surface area contributed by atoms with Crippen molar-refractivity contribution in [2.75, 3.05) is 6.54 Å². The van der Waals surface area contributed by atoms with Gasteiger partial charge in [-0.2, -0.15) is 5.10 Å². The highest BCUT2D eigenvalue weighted by molar-refractivity contribution is 5.92. The summed E-state index contributed by atoms with van der Waals surface area (Å²) in [6.45, 7) is 7.21. The molecule has 0 spiro atoms. The molecule has 4 heteroatoms. The summed E-state index contributed by atoms with van der Waals surface area (Å²) >= 11 is 0. The first-order valence-electron chi connectivity index (χ1n) is 7.68. The Morgan fingerprint density at radius 2 is 2.05 bits per heavy atom. The molecular weight excluding hydrogens is 272 g/mol. The van der Waals surface area contributed by atoms with Crippen molar-refractivity contribution in [3.63, 3.8) is 0 Å². The van der Waals surface area contributed by atoms with Crippen LogP contribution < -0.4 is 5.73 Å². The number of hydrogen-bond donors (Lipinski definition) is 2. The van der Waals surface area contributed by atoms with Crippen LogP contribution >= 0.6 is 0 Å². The fourth-order valence-corrected chi connectivity index (χ4v) is 2.89. The lowest BCUT2D eigenvalue weighted by molar-refractivity contribution is 0.534. The highest BCUT2D eigenvalue weighted by Gasteiger charge is 2.22. The van der Waals surface area contributed by atoms with Crippen LogP contribution in [-0.4, -0.2) is 21.7 Å². The van der Waals surface area contributed by atoms with Gasteiger partial charge in [-0.1, -0.05) is 39.0 Å². The Hall–Kier alpha value is -2.20. The Balaban J connectivity index is 2.20. The Morgan fingerprint density at radius 3 is 2.77 bits per heavy atom. The molecule has 3 N–H and O–H groups in total. The van der Waals surface area contributed by atoms with Gasteiger partial charge in [0.1, 0.15) is 0 Å². The molecule has 22 heavy (non-hydrogen) atoms. The summed E-state index contributed by atoms with van der Waals surface area (Å²) in [6, 6.07) is 8.70. The Labute approximate surface area is 130 Å². The maximum Gasteiger partial charge on any atom is 0.155 e. The Morgan fingerprint density at radius 1 is 1.23 bits per heavy atom. The van der Waals surface area contributed by atoms with Crippen molar-refractivity contribution in [1.82, 2.24) is 15.2 Å². The molecule has 2 aromatic heterocycles. The fourth-order valence-electron chi connectivity index (χ4n) is 2.89. The third kappa shape index (κ3) is 2.40. The molecule has 0 amide bonds. The zero-order valence-electron chi connectivity index (χ0n) is 13.4. The van der Waals surface area contributed by atoms with Crippen molar-refractivity contribution in [2.45, 2.75) is 32.6 Å². The standard InChI is InChI=1S/C18H22N4/c1-4-12-5-6-13(9-16(12)18(2,3)11-19)14-7-8-20-17-15(14)10-21-22-17/h5-10H,4,11,19H2,1-3H3,(H,20,21,22). The molecule has 4 nitrogen and oxygen atoms in total. The van der Waals surface area contributed by atoms with Crippen LogP contribution in [0.1, 0.15) is 31.9 Å². The van der Waals surface area contributed by atoms with E-state index in [0.29, 0.717) is 6.54 Å². The van der Waals surface area contributed by atoms with E-state index >= 15 is 0 Å². The predicted octanol–water partition coefficient (Wildman–Crippen LogP) is 3.42. The molecule has 0 fully saturated rings. The molecule has 114 valence electrons. The van der Waals surface area contributed by atoms with E-state index in [-0.39, 0.29) is 5.41 Å². The summed E-state index contributed by atoms with van der Waals surface area (Å²) < 4.78 is 0. The maximum atomic E-state index is 6.00. The van der Waals surface area contributed by atoms with Gasteiger partial charge >= 0.3 is 0 Å². The molecule has 0 saturated carbocycles. The third-order valence-electron chi connectivity index (χ3n) is 4.40. The molecular formula is C18H22N4. The number of nitrogens with two attached hydrogens (primary N) is 1. The third-order valence-corrected chi connectivity index (χ3v) is 4.40. The SMILES string of the molecule is CCc1ccc(-c2ccnc3[nH]ncc23)cc1C(C)(C)CN. The highest BCUT2D eigenvalue weighted by atomic mass is 15.1. The van der Waals surface area contributed by atoms with Gasteiger partial charge in [-0.05, 0) is 34.7 Å². The number of pyridine rings is 1. The first kappa shape index (κ1) is 14.7. The minimum absolute atomic E-state index is 0.0378. The number of rotatable bonds is 4. The van der Waals surface area contributed by atoms with E-state index in [9.17, 15) is 0 Å². The van der Waals surface area contributed by atoms with Crippen LogP contribution in [0.3, 0.4) is 0 Å². The van der Waals surface area contributed by atoms with Crippen LogP contribution in [0.5, 0.6) is 0 Å². The number of nitrogens with zero attached hydrogens (tertiary/aromatic N) is 2. The number of H-pyrrole nitrogens is 1. The number of nitrogens with one attached hydrogen (secondary N) is 1. The van der Waals surface area contributed by atoms with Crippen LogP contribution in [0, 0.1) is 0 Å². The van der Waals surface area contributed by atoms with Crippen LogP contribution in [-0.2, 0) is 11.8 Å². The topological polar surface area (TPSA) is 67.6 Å². The first-order valence-corrected chi connectivity index (χ1v) is 7.68. The van der Waals surface area contributed by atoms with Gasteiger partial charge in [0.15, 0.2) is 5.65 Å². The van der Waals surface area contributed by atoms with E-state index in [4.69, 9.17) is 5.73 Å². The van der Waals surface area contributed by atoms with Crippen molar-refractivity contribution in [3.8, 4) is 11.1 Å². The van der Waals surface area contributed by atoms with E-state index in [1.54, 1.807) is 0 Å². The second-order valence-corrected chi connectivity index (χ2v) is 6.30. The van der Waals surface area contributed by atoms with Crippen LogP contribution in [0.4, 0.5) is 0 Å². The lowest BCUT2D eigenvalue weighted by atomic mass is 9.80. The van der Waals surface area contributed by atoms with E-state index in [0.717, 1.165) is 23.0 Å². The average Bonchev–Trinajstić information content (AvgIpc) is 3.02. The van der Waals surface area contributed by atoms with Gasteiger partial charge < -0.3 is 5.73 Å². The number of aromatic amines is 1. The van der Waals surface area contributed by atoms with Crippen LogP contribution in [0.25, 0.3) is 22.2 Å². The normalized spacial score (nSPS) is 12.0. The Kier molecular flexibility index (Phi) is 3.71. The van der Waals surface area contributed by atoms with Gasteiger partial charge in [-0.25, -0.2) is 4.98 Å². The molecule has 3 rings (SSSR count). The number of benzene rings is 1. The molecule has 0 radical (unpaired) electrons. The number of hydrogen-bond acceptors (Lipinski definition) is 3. The second kappa shape index (κ2) is 5.54. The molecule has 3 aromatic rings. The van der Waals surface area contributed by atoms with Gasteiger partial charge in [-0.3, -0.25) is 5.10 Å². The molecule has 0 atom stereocenters. The monoisotopic (exact) mass is 294 g/mol. The first-order chi connectivity index (χ1) is 10.6. The van der Waals surface area contributed by atoms with Crippen molar-refractivity contribution in [3.05, 3.63) is 47.8 Å². The molecule has 1 aromatic carbocycles. The van der Waals surface area contributed by atoms with Crippen LogP contribution in [0.2, 0.25) is 0 Å². The average molecular weight is 294 g/mol. The quantitative estimate of drug-likeness (QED) is 0.774. The van der Waals surface area contributed by atoms with E-state index in [1.807, 2.05) is 18.5 Å². The second-order valence-electron chi connectivity index (χ2n) is 6.30. The van der Waals surface area contributed by atoms with E-state index < -0.39 is 0 Å². The molecule has 2 heterocycles. The van der Waals surface area contributed by atoms with E-state index in [1.165, 1.54) is 16.7 Å². The fraction of sp³-hybridized carbons (Fsp3) is 0.333. The predicted molar refractivity (Wildman–Crippen MR) is 90.8 cm³/mol. The summed E-state index contributed by atoms with van der Waals surface area (Å²) in [4.78, 5) is 4.31. The zero-order chi connectivity index (χ0) is 15.7. The smallest absolute Gasteiger partial charge is 0.155 e. The zero-order valence-corrected chi connectivity index (χ0v) is 13.4. The van der Waals surface area contributed by atoms with Crippen molar-refractivity contribution in [2.24, 2.45) is 5.73 Å². The molecule has 0 bridgehead atoms. The molecule has 0 aliphatic heterocycles. The molecule has 0 aliphatic rings. The maximum absolute atomic E-state index is 6.00. The minimum atomic E-state index is -0.0378. The van der Waals surface area contributed by atoms with Crippen molar-refractivity contribution >= 4 is 11.0 Å². The van der Waals surface area contributed by atoms with Crippen LogP contribution in [0.15, 0.2) is 36.7 Å². The summed E-state index contributed by atoms with van der Waals surface area (Å²) in [6.07, 6.45) is 4.66. The van der Waals surface area contributed by atoms with Crippen molar-refractivity contribution < 1.29 is 0 Å². The van der Waals surface area contributed by atoms with E-state index in [2.05, 4.69) is 54.2 Å². The summed E-state index contributed by atoms with van der Waals surface area (Å²) in [5, 5.41) is 8.07. The van der Waals surface area contributed by atoms with Gasteiger partial charge in [0.05, 0.1) is 6.20 Å². The number of fused-ring (bicyclic) bond motifs is 1. The van der Waals surface area contributed by atoms with Gasteiger partial charge in [0.2, 0.25) is 0 Å². The summed E-state index contributed by atoms with van der Waals surface area (Å²) in [7, 11) is 0. The largest absolute Gasteiger partial charge is 0.330 e. The van der Waals surface area contributed by atoms with Gasteiger partial charge in [0, 0.05) is 23.5 Å². The lowest BCUT2D eigenvalue weighted by Gasteiger charge is -2.27. The summed E-state index contributed by atoms with van der Waals surface area (Å²) in [5.74, 6) is 0. The Bertz CT molecular complexity index is 802. The highest BCUT2D eigenvalue weighted by Crippen LogP contribution is 2.33.